The Morgan fingerprint density at radius 2 is 1.79 bits per heavy atom. The molecule has 0 aliphatic rings. The molecule has 1 aromatic carbocycles. The quantitative estimate of drug-likeness (QED) is 0.619. The van der Waals surface area contributed by atoms with E-state index in [1.165, 1.54) is 7.11 Å². The lowest BCUT2D eigenvalue weighted by atomic mass is 10.1. The van der Waals surface area contributed by atoms with Crippen molar-refractivity contribution in [2.24, 2.45) is 5.10 Å². The third-order valence-electron chi connectivity index (χ3n) is 2.61. The molecule has 0 radical (unpaired) electrons. The number of aromatic nitrogens is 3. The molecule has 0 fully saturated rings. The van der Waals surface area contributed by atoms with E-state index in [0.717, 1.165) is 17.2 Å². The molecule has 0 saturated heterocycles. The van der Waals surface area contributed by atoms with Crippen LogP contribution in [0.15, 0.2) is 29.4 Å². The molecule has 0 aliphatic heterocycles. The first-order chi connectivity index (χ1) is 9.11. The summed E-state index contributed by atoms with van der Waals surface area (Å²) >= 11 is 0. The Kier molecular flexibility index (Phi) is 3.70. The minimum absolute atomic E-state index is 0.353. The van der Waals surface area contributed by atoms with Gasteiger partial charge in [-0.1, -0.05) is 12.1 Å². The predicted octanol–water partition coefficient (Wildman–Crippen LogP) is 1.56. The lowest BCUT2D eigenvalue weighted by Gasteiger charge is -2.00. The Morgan fingerprint density at radius 1 is 1.21 bits per heavy atom. The van der Waals surface area contributed by atoms with Crippen LogP contribution in [0.25, 0.3) is 0 Å². The highest BCUT2D eigenvalue weighted by molar-refractivity contribution is 5.90. The summed E-state index contributed by atoms with van der Waals surface area (Å²) in [5.74, 6) is 1.09. The van der Waals surface area contributed by atoms with Crippen molar-refractivity contribution < 1.29 is 9.53 Å². The number of nitrogens with zero attached hydrogens (tertiary/aromatic N) is 4. The first-order valence-corrected chi connectivity index (χ1v) is 5.73. The van der Waals surface area contributed by atoms with Crippen molar-refractivity contribution >= 4 is 12.2 Å². The number of ether oxygens (including phenoxy) is 1. The average molecular weight is 258 g/mol. The van der Waals surface area contributed by atoms with Crippen LogP contribution in [0.4, 0.5) is 0 Å². The van der Waals surface area contributed by atoms with Gasteiger partial charge in [0.1, 0.15) is 0 Å². The minimum Gasteiger partial charge on any atom is -0.465 e. The number of carbonyl (C=O) groups excluding carboxylic acids is 1. The Bertz CT molecular complexity index is 595. The molecule has 2 rings (SSSR count). The fourth-order valence-corrected chi connectivity index (χ4v) is 1.58. The van der Waals surface area contributed by atoms with E-state index in [9.17, 15) is 4.79 Å². The molecule has 0 bridgehead atoms. The second-order valence-corrected chi connectivity index (χ2v) is 3.96. The number of methoxy groups -OCH3 is 1. The van der Waals surface area contributed by atoms with E-state index in [4.69, 9.17) is 0 Å². The maximum atomic E-state index is 11.3. The maximum absolute atomic E-state index is 11.3. The summed E-state index contributed by atoms with van der Waals surface area (Å²) in [7, 11) is 1.36. The van der Waals surface area contributed by atoms with E-state index in [2.05, 4.69) is 20.0 Å². The first-order valence-electron chi connectivity index (χ1n) is 5.73. The lowest BCUT2D eigenvalue weighted by Crippen LogP contribution is -2.01. The molecule has 0 saturated carbocycles. The molecule has 0 atom stereocenters. The van der Waals surface area contributed by atoms with Crippen molar-refractivity contribution in [2.45, 2.75) is 13.8 Å². The number of carbonyl (C=O) groups is 1. The standard InChI is InChI=1S/C13H14N4O2/c1-9-15-16-10(2)17(9)14-8-11-4-6-12(7-5-11)13(18)19-3/h4-8H,1-3H3/b14-8-. The molecule has 0 N–H and O–H groups in total. The molecular weight excluding hydrogens is 244 g/mol. The second-order valence-electron chi connectivity index (χ2n) is 3.96. The van der Waals surface area contributed by atoms with Crippen LogP contribution in [0.3, 0.4) is 0 Å². The van der Waals surface area contributed by atoms with Crippen LogP contribution in [0.1, 0.15) is 27.6 Å². The summed E-state index contributed by atoms with van der Waals surface area (Å²) in [5, 5.41) is 12.1. The molecule has 0 spiro atoms. The van der Waals surface area contributed by atoms with E-state index >= 15 is 0 Å². The minimum atomic E-state index is -0.353. The van der Waals surface area contributed by atoms with Gasteiger partial charge in [0.2, 0.25) is 0 Å². The highest BCUT2D eigenvalue weighted by Crippen LogP contribution is 2.05. The molecule has 1 aromatic heterocycles. The molecular formula is C13H14N4O2. The van der Waals surface area contributed by atoms with Crippen molar-refractivity contribution in [1.82, 2.24) is 14.9 Å². The number of esters is 1. The van der Waals surface area contributed by atoms with Crippen LogP contribution >= 0.6 is 0 Å². The molecule has 0 amide bonds. The number of aryl methyl sites for hydroxylation is 2. The van der Waals surface area contributed by atoms with Gasteiger partial charge in [-0.3, -0.25) is 0 Å². The maximum Gasteiger partial charge on any atom is 0.337 e. The van der Waals surface area contributed by atoms with Gasteiger partial charge in [0.15, 0.2) is 11.6 Å². The zero-order valence-electron chi connectivity index (χ0n) is 11.0. The number of hydrogen-bond donors (Lipinski definition) is 0. The Hall–Kier alpha value is -2.50. The third-order valence-corrected chi connectivity index (χ3v) is 2.61. The Labute approximate surface area is 110 Å². The van der Waals surface area contributed by atoms with Crippen molar-refractivity contribution in [3.05, 3.63) is 47.0 Å². The van der Waals surface area contributed by atoms with Gasteiger partial charge >= 0.3 is 5.97 Å². The largest absolute Gasteiger partial charge is 0.465 e. The van der Waals surface area contributed by atoms with E-state index in [0.29, 0.717) is 5.56 Å². The van der Waals surface area contributed by atoms with Crippen molar-refractivity contribution in [3.63, 3.8) is 0 Å². The average Bonchev–Trinajstić information content (AvgIpc) is 2.75. The molecule has 1 heterocycles. The number of rotatable bonds is 3. The summed E-state index contributed by atoms with van der Waals surface area (Å²) in [6.07, 6.45) is 1.68. The van der Waals surface area contributed by atoms with Gasteiger partial charge in [-0.05, 0) is 31.5 Å². The van der Waals surface area contributed by atoms with Crippen LogP contribution in [-0.2, 0) is 4.74 Å². The van der Waals surface area contributed by atoms with Gasteiger partial charge in [-0.25, -0.2) is 9.47 Å². The summed E-state index contributed by atoms with van der Waals surface area (Å²) in [6.45, 7) is 3.66. The first kappa shape index (κ1) is 12.9. The number of benzene rings is 1. The van der Waals surface area contributed by atoms with Gasteiger partial charge in [0.05, 0.1) is 18.9 Å². The van der Waals surface area contributed by atoms with E-state index in [-0.39, 0.29) is 5.97 Å². The van der Waals surface area contributed by atoms with Crippen molar-refractivity contribution in [2.75, 3.05) is 7.11 Å². The molecule has 6 nitrogen and oxygen atoms in total. The van der Waals surface area contributed by atoms with Gasteiger partial charge in [-0.2, -0.15) is 5.10 Å². The van der Waals surface area contributed by atoms with Gasteiger partial charge in [0.25, 0.3) is 0 Å². The van der Waals surface area contributed by atoms with E-state index < -0.39 is 0 Å². The summed E-state index contributed by atoms with van der Waals surface area (Å²) in [4.78, 5) is 11.3. The fraction of sp³-hybridized carbons (Fsp3) is 0.231. The van der Waals surface area contributed by atoms with Crippen LogP contribution in [-0.4, -0.2) is 34.2 Å². The van der Waals surface area contributed by atoms with Gasteiger partial charge in [-0.15, -0.1) is 10.2 Å². The molecule has 0 aliphatic carbocycles. The topological polar surface area (TPSA) is 69.4 Å². The summed E-state index contributed by atoms with van der Waals surface area (Å²) < 4.78 is 6.28. The molecule has 98 valence electrons. The predicted molar refractivity (Wildman–Crippen MR) is 70.3 cm³/mol. The lowest BCUT2D eigenvalue weighted by molar-refractivity contribution is 0.0601. The molecule has 2 aromatic rings. The van der Waals surface area contributed by atoms with Crippen molar-refractivity contribution in [3.8, 4) is 0 Å². The van der Waals surface area contributed by atoms with Gasteiger partial charge < -0.3 is 4.74 Å². The van der Waals surface area contributed by atoms with Crippen LogP contribution in [0.5, 0.6) is 0 Å². The second kappa shape index (κ2) is 5.43. The third kappa shape index (κ3) is 2.85. The summed E-state index contributed by atoms with van der Waals surface area (Å²) in [6, 6.07) is 6.98. The summed E-state index contributed by atoms with van der Waals surface area (Å²) in [5.41, 5.74) is 1.39. The normalized spacial score (nSPS) is 10.9. The zero-order valence-corrected chi connectivity index (χ0v) is 11.0. The fourth-order valence-electron chi connectivity index (χ4n) is 1.58. The monoisotopic (exact) mass is 258 g/mol. The number of hydrogen-bond acceptors (Lipinski definition) is 5. The highest BCUT2D eigenvalue weighted by Gasteiger charge is 2.04. The smallest absolute Gasteiger partial charge is 0.337 e. The zero-order chi connectivity index (χ0) is 13.8. The van der Waals surface area contributed by atoms with E-state index in [1.54, 1.807) is 35.2 Å². The Morgan fingerprint density at radius 3 is 2.32 bits per heavy atom. The van der Waals surface area contributed by atoms with Crippen LogP contribution in [0, 0.1) is 13.8 Å². The van der Waals surface area contributed by atoms with Gasteiger partial charge in [0, 0.05) is 0 Å². The highest BCUT2D eigenvalue weighted by atomic mass is 16.5. The Balaban J connectivity index is 2.18. The van der Waals surface area contributed by atoms with Crippen molar-refractivity contribution in [1.29, 1.82) is 0 Å². The van der Waals surface area contributed by atoms with Crippen LogP contribution in [0.2, 0.25) is 0 Å². The van der Waals surface area contributed by atoms with Crippen LogP contribution < -0.4 is 0 Å². The van der Waals surface area contributed by atoms with E-state index in [1.807, 2.05) is 13.8 Å². The molecule has 6 heteroatoms. The molecule has 0 unspecified atom stereocenters. The molecule has 19 heavy (non-hydrogen) atoms. The SMILES string of the molecule is COC(=O)c1ccc(/C=N\n2c(C)nnc2C)cc1.